The highest BCUT2D eigenvalue weighted by Gasteiger charge is 2.19. The van der Waals surface area contributed by atoms with Crippen molar-refractivity contribution in [3.8, 4) is 0 Å². The van der Waals surface area contributed by atoms with Gasteiger partial charge in [-0.25, -0.2) is 0 Å². The van der Waals surface area contributed by atoms with E-state index in [0.29, 0.717) is 19.3 Å². The fourth-order valence-electron chi connectivity index (χ4n) is 9.46. The van der Waals surface area contributed by atoms with Crippen LogP contribution in [0.4, 0.5) is 0 Å². The largest absolute Gasteiger partial charge is 0.462 e. The molecule has 1 unspecified atom stereocenters. The van der Waals surface area contributed by atoms with Gasteiger partial charge < -0.3 is 14.2 Å². The Morgan fingerprint density at radius 3 is 0.827 bits per heavy atom. The lowest BCUT2D eigenvalue weighted by molar-refractivity contribution is -0.166. The quantitative estimate of drug-likeness (QED) is 0.0261. The topological polar surface area (TPSA) is 78.9 Å². The summed E-state index contributed by atoms with van der Waals surface area (Å²) < 4.78 is 16.9. The Morgan fingerprint density at radius 1 is 0.259 bits per heavy atom. The van der Waals surface area contributed by atoms with Crippen LogP contribution >= 0.6 is 0 Å². The second kappa shape index (κ2) is 68.3. The zero-order valence-corrected chi connectivity index (χ0v) is 53.0. The summed E-state index contributed by atoms with van der Waals surface area (Å²) in [6.07, 6.45) is 95.3. The maximum Gasteiger partial charge on any atom is 0.306 e. The molecule has 0 heterocycles. The molecule has 0 aliphatic heterocycles. The van der Waals surface area contributed by atoms with Crippen molar-refractivity contribution in [2.45, 2.75) is 322 Å². The van der Waals surface area contributed by atoms with E-state index in [1.807, 2.05) is 6.08 Å². The average Bonchev–Trinajstić information content (AvgIpc) is 3.46. The van der Waals surface area contributed by atoms with Crippen LogP contribution in [0.5, 0.6) is 0 Å². The summed E-state index contributed by atoms with van der Waals surface area (Å²) in [7, 11) is 0. The lowest BCUT2D eigenvalue weighted by atomic mass is 10.0. The molecule has 81 heavy (non-hydrogen) atoms. The number of rotatable bonds is 61. The SMILES string of the molecule is CC/C=C\C/C=C\C/C=C\C/C=C\C/C=C\C/C=C\CCCCCCCCCCCCCCCCCCC(=O)OCC(COC(=O)CC/C=C\C/C=C\C/C=C\C/C=C\CC)OC(=O)CCCCCCCCCCCCCCCCC. The molecule has 0 aliphatic carbocycles. The molecular formula is C75H126O6. The van der Waals surface area contributed by atoms with Crippen molar-refractivity contribution in [1.29, 1.82) is 0 Å². The standard InChI is InChI=1S/C75H126O6/c1-4-7-10-13-16-19-22-25-27-28-29-30-31-32-33-34-35-36-37-38-39-40-41-42-43-44-45-46-48-50-53-56-59-62-65-68-74(77)80-71-72(70-79-73(76)67-64-61-58-55-52-49-24-21-18-15-12-9-6-3)81-75(78)69-66-63-60-57-54-51-47-26-23-20-17-14-11-8-5-2/h7,9-10,12,16,18-19,21,25,27,29-30,32-33,35-36,49,52,58,61,72H,4-6,8,11,13-15,17,20,22-24,26,28,31,34,37-48,50-51,53-57,59-60,62-71H2,1-3H3/b10-7-,12-9-,19-16-,21-18-,27-25-,30-29-,33-32-,36-35-,52-49-,61-58-. The highest BCUT2D eigenvalue weighted by atomic mass is 16.6. The third-order valence-electron chi connectivity index (χ3n) is 14.5. The van der Waals surface area contributed by atoms with E-state index in [1.165, 1.54) is 167 Å². The first-order chi connectivity index (χ1) is 40.0. The number of allylic oxidation sites excluding steroid dienone is 20. The van der Waals surface area contributed by atoms with Crippen LogP contribution in [0, 0.1) is 0 Å². The zero-order chi connectivity index (χ0) is 58.5. The van der Waals surface area contributed by atoms with Gasteiger partial charge in [-0.05, 0) is 96.3 Å². The van der Waals surface area contributed by atoms with Crippen molar-refractivity contribution in [2.75, 3.05) is 13.2 Å². The van der Waals surface area contributed by atoms with E-state index in [0.717, 1.165) is 103 Å². The van der Waals surface area contributed by atoms with Crippen molar-refractivity contribution in [3.05, 3.63) is 122 Å². The summed E-state index contributed by atoms with van der Waals surface area (Å²) in [4.78, 5) is 38.2. The first kappa shape index (κ1) is 76.8. The number of carbonyl (C=O) groups is 3. The van der Waals surface area contributed by atoms with Gasteiger partial charge in [-0.1, -0.05) is 322 Å². The van der Waals surface area contributed by atoms with Gasteiger partial charge in [-0.2, -0.15) is 0 Å². The van der Waals surface area contributed by atoms with Crippen LogP contribution in [0.3, 0.4) is 0 Å². The van der Waals surface area contributed by atoms with Crippen molar-refractivity contribution in [3.63, 3.8) is 0 Å². The van der Waals surface area contributed by atoms with Gasteiger partial charge in [0.2, 0.25) is 0 Å². The van der Waals surface area contributed by atoms with E-state index in [4.69, 9.17) is 14.2 Å². The van der Waals surface area contributed by atoms with Gasteiger partial charge in [0.25, 0.3) is 0 Å². The molecule has 0 aliphatic rings. The van der Waals surface area contributed by atoms with Gasteiger partial charge >= 0.3 is 17.9 Å². The first-order valence-electron chi connectivity index (χ1n) is 34.0. The molecule has 0 saturated carbocycles. The number of ether oxygens (including phenoxy) is 3. The van der Waals surface area contributed by atoms with Crippen molar-refractivity contribution < 1.29 is 28.6 Å². The van der Waals surface area contributed by atoms with Crippen LogP contribution in [0.2, 0.25) is 0 Å². The van der Waals surface area contributed by atoms with Crippen LogP contribution in [0.1, 0.15) is 316 Å². The molecular weight excluding hydrogens is 997 g/mol. The lowest BCUT2D eigenvalue weighted by Crippen LogP contribution is -2.30. The van der Waals surface area contributed by atoms with E-state index < -0.39 is 6.10 Å². The fraction of sp³-hybridized carbons (Fsp3) is 0.693. The highest BCUT2D eigenvalue weighted by molar-refractivity contribution is 5.71. The Hall–Kier alpha value is -4.19. The molecule has 0 amide bonds. The molecule has 0 spiro atoms. The molecule has 0 saturated heterocycles. The van der Waals surface area contributed by atoms with Gasteiger partial charge in [-0.15, -0.1) is 0 Å². The number of hydrogen-bond donors (Lipinski definition) is 0. The molecule has 1 atom stereocenters. The average molecular weight is 1120 g/mol. The predicted molar refractivity (Wildman–Crippen MR) is 353 cm³/mol. The number of carbonyl (C=O) groups excluding carboxylic acids is 3. The summed E-state index contributed by atoms with van der Waals surface area (Å²) >= 11 is 0. The molecule has 0 N–H and O–H groups in total. The molecule has 6 nitrogen and oxygen atoms in total. The zero-order valence-electron chi connectivity index (χ0n) is 53.0. The van der Waals surface area contributed by atoms with E-state index in [9.17, 15) is 14.4 Å². The van der Waals surface area contributed by atoms with Gasteiger partial charge in [0.05, 0.1) is 0 Å². The molecule has 0 rings (SSSR count). The number of unbranched alkanes of at least 4 members (excludes halogenated alkanes) is 30. The molecule has 0 bridgehead atoms. The minimum atomic E-state index is -0.806. The fourth-order valence-corrected chi connectivity index (χ4v) is 9.46. The smallest absolute Gasteiger partial charge is 0.306 e. The minimum Gasteiger partial charge on any atom is -0.462 e. The summed E-state index contributed by atoms with van der Waals surface area (Å²) in [5.41, 5.74) is 0. The Labute approximate surface area is 501 Å². The van der Waals surface area contributed by atoms with Gasteiger partial charge in [0, 0.05) is 19.3 Å². The molecule has 462 valence electrons. The third kappa shape index (κ3) is 66.5. The first-order valence-corrected chi connectivity index (χ1v) is 34.0. The van der Waals surface area contributed by atoms with E-state index in [1.54, 1.807) is 0 Å². The summed E-state index contributed by atoms with van der Waals surface area (Å²) in [5.74, 6) is -0.971. The second-order valence-electron chi connectivity index (χ2n) is 22.3. The van der Waals surface area contributed by atoms with Crippen LogP contribution in [0.15, 0.2) is 122 Å². The maximum absolute atomic E-state index is 12.9. The number of esters is 3. The molecule has 0 aromatic carbocycles. The molecule has 0 fully saturated rings. The van der Waals surface area contributed by atoms with E-state index in [-0.39, 0.29) is 37.5 Å². The summed E-state index contributed by atoms with van der Waals surface area (Å²) in [6, 6.07) is 0. The molecule has 0 aromatic heterocycles. The predicted octanol–water partition coefficient (Wildman–Crippen LogP) is 23.6. The van der Waals surface area contributed by atoms with Crippen LogP contribution < -0.4 is 0 Å². The van der Waals surface area contributed by atoms with Gasteiger partial charge in [-0.3, -0.25) is 14.4 Å². The Balaban J connectivity index is 4.17. The molecule has 0 aromatic rings. The second-order valence-corrected chi connectivity index (χ2v) is 22.3. The van der Waals surface area contributed by atoms with Crippen LogP contribution in [-0.4, -0.2) is 37.2 Å². The number of hydrogen-bond acceptors (Lipinski definition) is 6. The summed E-state index contributed by atoms with van der Waals surface area (Å²) in [6.45, 7) is 6.37. The third-order valence-corrected chi connectivity index (χ3v) is 14.5. The Kier molecular flexibility index (Phi) is 64.8. The summed E-state index contributed by atoms with van der Waals surface area (Å²) in [5, 5.41) is 0. The van der Waals surface area contributed by atoms with Gasteiger partial charge in [0.15, 0.2) is 6.10 Å². The van der Waals surface area contributed by atoms with Crippen LogP contribution in [0.25, 0.3) is 0 Å². The Morgan fingerprint density at radius 2 is 0.506 bits per heavy atom. The highest BCUT2D eigenvalue weighted by Crippen LogP contribution is 2.17. The normalized spacial score (nSPS) is 12.9. The Bertz CT molecular complexity index is 1670. The van der Waals surface area contributed by atoms with E-state index in [2.05, 4.69) is 136 Å². The lowest BCUT2D eigenvalue weighted by Gasteiger charge is -2.18. The van der Waals surface area contributed by atoms with Crippen molar-refractivity contribution >= 4 is 17.9 Å². The van der Waals surface area contributed by atoms with Crippen molar-refractivity contribution in [2.24, 2.45) is 0 Å². The minimum absolute atomic E-state index is 0.0973. The van der Waals surface area contributed by atoms with Gasteiger partial charge in [0.1, 0.15) is 13.2 Å². The van der Waals surface area contributed by atoms with Crippen molar-refractivity contribution in [1.82, 2.24) is 0 Å². The monoisotopic (exact) mass is 1120 g/mol. The van der Waals surface area contributed by atoms with E-state index >= 15 is 0 Å². The molecule has 0 radical (unpaired) electrons. The molecule has 6 heteroatoms. The maximum atomic E-state index is 12.9. The van der Waals surface area contributed by atoms with Crippen LogP contribution in [-0.2, 0) is 28.6 Å².